The lowest BCUT2D eigenvalue weighted by molar-refractivity contribution is 0.103. The average Bonchev–Trinajstić information content (AvgIpc) is 2.95. The van der Waals surface area contributed by atoms with Gasteiger partial charge in [-0.1, -0.05) is 23.7 Å². The lowest BCUT2D eigenvalue weighted by Crippen LogP contribution is -2.20. The van der Waals surface area contributed by atoms with Crippen molar-refractivity contribution in [3.05, 3.63) is 93.0 Å². The maximum absolute atomic E-state index is 13.7. The van der Waals surface area contributed by atoms with Gasteiger partial charge in [-0.15, -0.1) is 0 Å². The zero-order chi connectivity index (χ0) is 27.2. The number of ketones is 1. The molecule has 0 saturated heterocycles. The monoisotopic (exact) mass is 536 g/mol. The van der Waals surface area contributed by atoms with Crippen molar-refractivity contribution in [2.45, 2.75) is 6.54 Å². The molecular formula is C27H25ClN4O6. The zero-order valence-corrected chi connectivity index (χ0v) is 21.9. The number of hydrogen-bond acceptors (Lipinski definition) is 9. The second-order valence-electron chi connectivity index (χ2n) is 7.91. The Morgan fingerprint density at radius 1 is 0.947 bits per heavy atom. The summed E-state index contributed by atoms with van der Waals surface area (Å²) in [5.74, 6) is 1.48. The molecule has 0 radical (unpaired) electrons. The molecule has 0 unspecified atom stereocenters. The van der Waals surface area contributed by atoms with Crippen LogP contribution in [0.5, 0.6) is 23.0 Å². The van der Waals surface area contributed by atoms with E-state index in [9.17, 15) is 9.59 Å². The summed E-state index contributed by atoms with van der Waals surface area (Å²) >= 11 is 6.27. The summed E-state index contributed by atoms with van der Waals surface area (Å²) < 4.78 is 22.6. The van der Waals surface area contributed by atoms with E-state index in [0.717, 1.165) is 5.56 Å². The number of anilines is 1. The van der Waals surface area contributed by atoms with Gasteiger partial charge in [-0.3, -0.25) is 14.2 Å². The van der Waals surface area contributed by atoms with Crippen LogP contribution in [0, 0.1) is 0 Å². The minimum atomic E-state index is -0.397. The van der Waals surface area contributed by atoms with E-state index in [0.29, 0.717) is 28.0 Å². The van der Waals surface area contributed by atoms with Crippen LogP contribution < -0.4 is 29.8 Å². The van der Waals surface area contributed by atoms with Gasteiger partial charge in [0.05, 0.1) is 39.0 Å². The van der Waals surface area contributed by atoms with Crippen molar-refractivity contribution in [1.82, 2.24) is 14.5 Å². The minimum Gasteiger partial charge on any atom is -0.495 e. The highest BCUT2D eigenvalue weighted by Crippen LogP contribution is 2.39. The first kappa shape index (κ1) is 26.5. The molecule has 1 N–H and O–H groups in total. The van der Waals surface area contributed by atoms with Crippen LogP contribution in [0.25, 0.3) is 5.95 Å². The van der Waals surface area contributed by atoms with E-state index in [1.807, 2.05) is 6.07 Å². The summed E-state index contributed by atoms with van der Waals surface area (Å²) in [5, 5.41) is 3.62. The normalized spacial score (nSPS) is 10.6. The van der Waals surface area contributed by atoms with Crippen LogP contribution in [0.4, 0.5) is 5.82 Å². The maximum atomic E-state index is 13.7. The highest BCUT2D eigenvalue weighted by atomic mass is 35.5. The van der Waals surface area contributed by atoms with Gasteiger partial charge in [0.15, 0.2) is 17.3 Å². The molecule has 0 aliphatic carbocycles. The third-order valence-electron chi connectivity index (χ3n) is 5.66. The fourth-order valence-electron chi connectivity index (χ4n) is 3.76. The number of ether oxygens (including phenoxy) is 4. The summed E-state index contributed by atoms with van der Waals surface area (Å²) in [6.45, 7) is 0.277. The van der Waals surface area contributed by atoms with Crippen LogP contribution in [0.2, 0.25) is 5.02 Å². The largest absolute Gasteiger partial charge is 0.495 e. The van der Waals surface area contributed by atoms with Crippen molar-refractivity contribution in [1.29, 1.82) is 0 Å². The van der Waals surface area contributed by atoms with Crippen LogP contribution in [0.1, 0.15) is 21.5 Å². The van der Waals surface area contributed by atoms with Crippen LogP contribution in [-0.4, -0.2) is 48.8 Å². The van der Waals surface area contributed by atoms with E-state index in [2.05, 4.69) is 15.3 Å². The molecule has 0 atom stereocenters. The lowest BCUT2D eigenvalue weighted by Gasteiger charge is -2.15. The van der Waals surface area contributed by atoms with Gasteiger partial charge >= 0.3 is 0 Å². The van der Waals surface area contributed by atoms with Gasteiger partial charge in [-0.05, 0) is 35.9 Å². The van der Waals surface area contributed by atoms with E-state index in [1.54, 1.807) is 42.6 Å². The highest BCUT2D eigenvalue weighted by molar-refractivity contribution is 6.32. The van der Waals surface area contributed by atoms with Crippen molar-refractivity contribution >= 4 is 23.2 Å². The van der Waals surface area contributed by atoms with Crippen LogP contribution in [0.3, 0.4) is 0 Å². The summed E-state index contributed by atoms with van der Waals surface area (Å²) in [7, 11) is 5.95. The summed E-state index contributed by atoms with van der Waals surface area (Å²) in [5.41, 5.74) is 0.943. The topological polar surface area (TPSA) is 114 Å². The predicted octanol–water partition coefficient (Wildman–Crippen LogP) is 4.16. The third-order valence-corrected chi connectivity index (χ3v) is 5.96. The molecule has 0 aliphatic rings. The number of rotatable bonds is 10. The molecule has 0 saturated carbocycles. The number of hydrogen-bond donors (Lipinski definition) is 1. The van der Waals surface area contributed by atoms with Gasteiger partial charge in [0.1, 0.15) is 11.6 Å². The Morgan fingerprint density at radius 3 is 2.26 bits per heavy atom. The molecule has 0 amide bonds. The lowest BCUT2D eigenvalue weighted by atomic mass is 10.0. The van der Waals surface area contributed by atoms with E-state index < -0.39 is 5.78 Å². The van der Waals surface area contributed by atoms with Crippen molar-refractivity contribution in [3.63, 3.8) is 0 Å². The van der Waals surface area contributed by atoms with E-state index >= 15 is 0 Å². The van der Waals surface area contributed by atoms with E-state index in [-0.39, 0.29) is 35.0 Å². The number of carbonyl (C=O) groups is 1. The molecule has 2 aromatic heterocycles. The van der Waals surface area contributed by atoms with Crippen LogP contribution in [0.15, 0.2) is 65.7 Å². The first-order valence-corrected chi connectivity index (χ1v) is 11.7. The van der Waals surface area contributed by atoms with E-state index in [1.165, 1.54) is 45.3 Å². The molecule has 2 aromatic carbocycles. The molecular weight excluding hydrogens is 512 g/mol. The van der Waals surface area contributed by atoms with Gasteiger partial charge in [-0.2, -0.15) is 4.98 Å². The molecule has 196 valence electrons. The fourth-order valence-corrected chi connectivity index (χ4v) is 4.04. The predicted molar refractivity (Wildman–Crippen MR) is 142 cm³/mol. The van der Waals surface area contributed by atoms with Crippen LogP contribution in [-0.2, 0) is 6.54 Å². The number of carbonyl (C=O) groups excluding carboxylic acids is 1. The van der Waals surface area contributed by atoms with Crippen molar-refractivity contribution in [2.75, 3.05) is 33.8 Å². The average molecular weight is 537 g/mol. The second kappa shape index (κ2) is 11.7. The number of nitrogens with one attached hydrogen (secondary N) is 1. The molecule has 4 aromatic rings. The summed E-state index contributed by atoms with van der Waals surface area (Å²) in [6, 6.07) is 13.1. The maximum Gasteiger partial charge on any atom is 0.257 e. The smallest absolute Gasteiger partial charge is 0.257 e. The number of aromatic nitrogens is 3. The quantitative estimate of drug-likeness (QED) is 0.298. The van der Waals surface area contributed by atoms with Gasteiger partial charge < -0.3 is 24.3 Å². The summed E-state index contributed by atoms with van der Waals surface area (Å²) in [4.78, 5) is 34.9. The molecule has 2 heterocycles. The van der Waals surface area contributed by atoms with Gasteiger partial charge in [0.2, 0.25) is 11.7 Å². The fraction of sp³-hybridized carbons (Fsp3) is 0.185. The molecule has 0 bridgehead atoms. The van der Waals surface area contributed by atoms with E-state index in [4.69, 9.17) is 30.5 Å². The number of methoxy groups -OCH3 is 4. The van der Waals surface area contributed by atoms with Gasteiger partial charge in [-0.25, -0.2) is 4.98 Å². The Labute approximate surface area is 223 Å². The highest BCUT2D eigenvalue weighted by Gasteiger charge is 2.22. The first-order chi connectivity index (χ1) is 18.4. The molecule has 0 spiro atoms. The molecule has 0 fully saturated rings. The Kier molecular flexibility index (Phi) is 8.12. The Bertz CT molecular complexity index is 1510. The minimum absolute atomic E-state index is 0.104. The SMILES string of the molecule is COc1ccc(CNc2nc(-n3ccccc3=O)ncc2C(=O)c2cc(OC)c(OC)c(OC)c2)cc1Cl. The Morgan fingerprint density at radius 2 is 1.66 bits per heavy atom. The number of nitrogens with zero attached hydrogens (tertiary/aromatic N) is 3. The summed E-state index contributed by atoms with van der Waals surface area (Å²) in [6.07, 6.45) is 2.92. The van der Waals surface area contributed by atoms with Crippen molar-refractivity contribution < 1.29 is 23.7 Å². The molecule has 4 rings (SSSR count). The standard InChI is InChI=1S/C27H25ClN4O6/c1-35-20-9-8-16(11-19(20)28)14-29-26-18(15-30-27(31-26)32-10-6-5-7-23(32)33)24(34)17-12-21(36-2)25(38-4)22(13-17)37-3/h5-13,15H,14H2,1-4H3,(H,29,30,31). The first-order valence-electron chi connectivity index (χ1n) is 11.4. The third kappa shape index (κ3) is 5.40. The molecule has 11 heteroatoms. The molecule has 38 heavy (non-hydrogen) atoms. The van der Waals surface area contributed by atoms with Crippen molar-refractivity contribution in [3.8, 4) is 28.9 Å². The number of benzene rings is 2. The van der Waals surface area contributed by atoms with Gasteiger partial charge in [0, 0.05) is 30.6 Å². The number of pyridine rings is 1. The zero-order valence-electron chi connectivity index (χ0n) is 21.1. The van der Waals surface area contributed by atoms with Crippen LogP contribution >= 0.6 is 11.6 Å². The molecule has 10 nitrogen and oxygen atoms in total. The molecule has 0 aliphatic heterocycles. The van der Waals surface area contributed by atoms with Crippen molar-refractivity contribution in [2.24, 2.45) is 0 Å². The Hall–Kier alpha value is -4.57. The second-order valence-corrected chi connectivity index (χ2v) is 8.31. The number of halogens is 1. The Balaban J connectivity index is 1.78. The van der Waals surface area contributed by atoms with Gasteiger partial charge in [0.25, 0.3) is 5.56 Å².